The van der Waals surface area contributed by atoms with Crippen molar-refractivity contribution < 1.29 is 9.47 Å². The molecule has 0 aromatic heterocycles. The second-order valence-electron chi connectivity index (χ2n) is 5.02. The Morgan fingerprint density at radius 2 is 1.17 bits per heavy atom. The molecule has 0 aliphatic carbocycles. The lowest BCUT2D eigenvalue weighted by Gasteiger charge is -2.54. The zero-order valence-corrected chi connectivity index (χ0v) is 12.4. The Labute approximate surface area is 112 Å². The molecule has 0 saturated carbocycles. The number of rotatable bonds is 6. The fourth-order valence-corrected chi connectivity index (χ4v) is 3.08. The van der Waals surface area contributed by atoms with Crippen LogP contribution in [-0.4, -0.2) is 23.4 Å². The summed E-state index contributed by atoms with van der Waals surface area (Å²) in [4.78, 5) is 0. The highest BCUT2D eigenvalue weighted by molar-refractivity contribution is 5.21. The quantitative estimate of drug-likeness (QED) is 0.658. The fourth-order valence-electron chi connectivity index (χ4n) is 3.08. The van der Waals surface area contributed by atoms with Gasteiger partial charge in [0.05, 0.1) is 12.2 Å². The zero-order chi connectivity index (χ0) is 13.8. The molecule has 1 aliphatic rings. The van der Waals surface area contributed by atoms with E-state index in [1.54, 1.807) is 0 Å². The van der Waals surface area contributed by atoms with Crippen molar-refractivity contribution in [3.05, 3.63) is 25.3 Å². The van der Waals surface area contributed by atoms with Gasteiger partial charge in [0.25, 0.3) is 0 Å². The molecule has 4 atom stereocenters. The van der Waals surface area contributed by atoms with Crippen molar-refractivity contribution >= 4 is 0 Å². The summed E-state index contributed by atoms with van der Waals surface area (Å²) in [6.45, 7) is 16.5. The molecule has 4 unspecified atom stereocenters. The summed E-state index contributed by atoms with van der Waals surface area (Å²) < 4.78 is 12.8. The van der Waals surface area contributed by atoms with Crippen LogP contribution in [0.1, 0.15) is 53.4 Å². The van der Waals surface area contributed by atoms with Gasteiger partial charge in [-0.1, -0.05) is 39.8 Å². The predicted molar refractivity (Wildman–Crippen MR) is 76.8 cm³/mol. The molecular weight excluding hydrogens is 224 g/mol. The van der Waals surface area contributed by atoms with Crippen LogP contribution < -0.4 is 0 Å². The van der Waals surface area contributed by atoms with Crippen LogP contribution in [0.2, 0.25) is 0 Å². The summed E-state index contributed by atoms with van der Waals surface area (Å²) in [5.41, 5.74) is -0.897. The van der Waals surface area contributed by atoms with Crippen molar-refractivity contribution in [1.82, 2.24) is 0 Å². The van der Waals surface area contributed by atoms with Gasteiger partial charge in [-0.05, 0) is 25.7 Å². The van der Waals surface area contributed by atoms with E-state index in [1.165, 1.54) is 0 Å². The maximum absolute atomic E-state index is 6.41. The van der Waals surface area contributed by atoms with Crippen molar-refractivity contribution in [1.29, 1.82) is 0 Å². The van der Waals surface area contributed by atoms with Crippen molar-refractivity contribution in [3.63, 3.8) is 0 Å². The van der Waals surface area contributed by atoms with Gasteiger partial charge in [-0.15, -0.1) is 13.2 Å². The molecule has 1 saturated heterocycles. The van der Waals surface area contributed by atoms with Crippen LogP contribution in [0.4, 0.5) is 0 Å². The van der Waals surface area contributed by atoms with E-state index in [-0.39, 0.29) is 12.2 Å². The molecule has 0 bridgehead atoms. The Morgan fingerprint density at radius 3 is 1.33 bits per heavy atom. The third kappa shape index (κ3) is 2.17. The maximum Gasteiger partial charge on any atom is 0.119 e. The van der Waals surface area contributed by atoms with Gasteiger partial charge in [0, 0.05) is 0 Å². The van der Waals surface area contributed by atoms with Crippen molar-refractivity contribution in [3.8, 4) is 0 Å². The van der Waals surface area contributed by atoms with E-state index < -0.39 is 11.2 Å². The molecule has 1 heterocycles. The molecular formula is C16H28O2. The molecule has 0 N–H and O–H groups in total. The van der Waals surface area contributed by atoms with E-state index in [2.05, 4.69) is 40.9 Å². The second-order valence-corrected chi connectivity index (χ2v) is 5.02. The van der Waals surface area contributed by atoms with Gasteiger partial charge in [0.2, 0.25) is 0 Å². The minimum atomic E-state index is -0.449. The normalized spacial score (nSPS) is 40.4. The lowest BCUT2D eigenvalue weighted by Crippen LogP contribution is -2.63. The SMILES string of the molecule is C=CC1(CC)OC(CC)C(CC)OC1(C=C)CC. The molecule has 2 heteroatoms. The first-order valence-electron chi connectivity index (χ1n) is 7.21. The van der Waals surface area contributed by atoms with E-state index in [0.29, 0.717) is 0 Å². The van der Waals surface area contributed by atoms with Crippen LogP contribution in [0.3, 0.4) is 0 Å². The fraction of sp³-hybridized carbons (Fsp3) is 0.750. The smallest absolute Gasteiger partial charge is 0.119 e. The van der Waals surface area contributed by atoms with Gasteiger partial charge in [-0.3, -0.25) is 0 Å². The van der Waals surface area contributed by atoms with Crippen LogP contribution in [-0.2, 0) is 9.47 Å². The summed E-state index contributed by atoms with van der Waals surface area (Å²) >= 11 is 0. The third-order valence-corrected chi connectivity index (χ3v) is 4.37. The molecule has 1 aliphatic heterocycles. The number of hydrogen-bond donors (Lipinski definition) is 0. The Morgan fingerprint density at radius 1 is 0.833 bits per heavy atom. The highest BCUT2D eigenvalue weighted by Crippen LogP contribution is 2.45. The average molecular weight is 252 g/mol. The molecule has 0 spiro atoms. The zero-order valence-electron chi connectivity index (χ0n) is 12.4. The molecule has 1 rings (SSSR count). The minimum absolute atomic E-state index is 0.146. The van der Waals surface area contributed by atoms with Crippen molar-refractivity contribution in [2.75, 3.05) is 0 Å². The highest BCUT2D eigenvalue weighted by Gasteiger charge is 2.54. The minimum Gasteiger partial charge on any atom is -0.362 e. The summed E-state index contributed by atoms with van der Waals surface area (Å²) in [5.74, 6) is 0. The molecule has 0 aromatic carbocycles. The van der Waals surface area contributed by atoms with E-state index in [9.17, 15) is 0 Å². The molecule has 1 fully saturated rings. The van der Waals surface area contributed by atoms with Gasteiger partial charge in [-0.25, -0.2) is 0 Å². The number of hydrogen-bond acceptors (Lipinski definition) is 2. The molecule has 104 valence electrons. The molecule has 18 heavy (non-hydrogen) atoms. The lowest BCUT2D eigenvalue weighted by atomic mass is 9.76. The monoisotopic (exact) mass is 252 g/mol. The Bertz CT molecular complexity index is 269. The van der Waals surface area contributed by atoms with Gasteiger partial charge in [-0.2, -0.15) is 0 Å². The van der Waals surface area contributed by atoms with Gasteiger partial charge < -0.3 is 9.47 Å². The van der Waals surface area contributed by atoms with Crippen LogP contribution in [0.25, 0.3) is 0 Å². The standard InChI is InChI=1S/C16H28O2/c1-7-13-14(8-2)18-16(11-5,12-6)15(9-3,10-4)17-13/h9,11,13-14H,3,5,7-8,10,12H2,1-2,4,6H3. The maximum atomic E-state index is 6.41. The molecule has 0 radical (unpaired) electrons. The van der Waals surface area contributed by atoms with E-state index in [0.717, 1.165) is 25.7 Å². The van der Waals surface area contributed by atoms with E-state index >= 15 is 0 Å². The summed E-state index contributed by atoms with van der Waals surface area (Å²) in [6.07, 6.45) is 7.74. The predicted octanol–water partition coefficient (Wildman–Crippen LogP) is 4.26. The Hall–Kier alpha value is -0.600. The molecule has 2 nitrogen and oxygen atoms in total. The first-order chi connectivity index (χ1) is 8.58. The van der Waals surface area contributed by atoms with E-state index in [1.807, 2.05) is 12.2 Å². The average Bonchev–Trinajstić information content (AvgIpc) is 2.45. The van der Waals surface area contributed by atoms with Crippen molar-refractivity contribution in [2.24, 2.45) is 0 Å². The Kier molecular flexibility index (Phi) is 5.18. The Balaban J connectivity index is 3.20. The van der Waals surface area contributed by atoms with Crippen LogP contribution in [0.15, 0.2) is 25.3 Å². The molecule has 0 amide bonds. The van der Waals surface area contributed by atoms with Gasteiger partial charge >= 0.3 is 0 Å². The largest absolute Gasteiger partial charge is 0.362 e. The van der Waals surface area contributed by atoms with Gasteiger partial charge in [0.15, 0.2) is 0 Å². The summed E-state index contributed by atoms with van der Waals surface area (Å²) in [5, 5.41) is 0. The van der Waals surface area contributed by atoms with E-state index in [4.69, 9.17) is 9.47 Å². The topological polar surface area (TPSA) is 18.5 Å². The third-order valence-electron chi connectivity index (χ3n) is 4.37. The first kappa shape index (κ1) is 15.5. The lowest BCUT2D eigenvalue weighted by molar-refractivity contribution is -0.286. The van der Waals surface area contributed by atoms with Gasteiger partial charge in [0.1, 0.15) is 11.2 Å². The second kappa shape index (κ2) is 6.03. The summed E-state index contributed by atoms with van der Waals surface area (Å²) in [6, 6.07) is 0. The molecule has 0 aromatic rings. The van der Waals surface area contributed by atoms with Crippen LogP contribution in [0.5, 0.6) is 0 Å². The highest BCUT2D eigenvalue weighted by atomic mass is 16.6. The van der Waals surface area contributed by atoms with Crippen LogP contribution >= 0.6 is 0 Å². The number of ether oxygens (including phenoxy) is 2. The first-order valence-corrected chi connectivity index (χ1v) is 7.21. The summed E-state index contributed by atoms with van der Waals surface area (Å²) in [7, 11) is 0. The van der Waals surface area contributed by atoms with Crippen molar-refractivity contribution in [2.45, 2.75) is 76.8 Å². The van der Waals surface area contributed by atoms with Crippen LogP contribution in [0, 0.1) is 0 Å².